The lowest BCUT2D eigenvalue weighted by Gasteiger charge is -2.12. The van der Waals surface area contributed by atoms with E-state index in [1.54, 1.807) is 0 Å². The van der Waals surface area contributed by atoms with Crippen molar-refractivity contribution >= 4 is 11.6 Å². The van der Waals surface area contributed by atoms with E-state index < -0.39 is 28.8 Å². The number of anilines is 1. The summed E-state index contributed by atoms with van der Waals surface area (Å²) < 4.78 is 43.0. The Hall–Kier alpha value is -2.07. The van der Waals surface area contributed by atoms with Crippen LogP contribution < -0.4 is 5.32 Å². The zero-order chi connectivity index (χ0) is 14.3. The van der Waals surface area contributed by atoms with E-state index in [0.29, 0.717) is 0 Å². The number of hydrogen-bond donors (Lipinski definition) is 1. The summed E-state index contributed by atoms with van der Waals surface area (Å²) in [4.78, 5) is 11.6. The number of rotatable bonds is 2. The summed E-state index contributed by atoms with van der Waals surface area (Å²) >= 11 is 0. The number of carbonyl (C=O) groups excluding carboxylic acids is 1. The summed E-state index contributed by atoms with van der Waals surface area (Å²) in [6.45, 7) is 1.78. The first-order chi connectivity index (χ1) is 8.76. The Morgan fingerprint density at radius 1 is 1.53 bits per heavy atom. The number of nitrogens with zero attached hydrogens (tertiary/aromatic N) is 1. The van der Waals surface area contributed by atoms with Gasteiger partial charge in [-0.05, 0) is 25.1 Å². The monoisotopic (exact) mass is 270 g/mol. The summed E-state index contributed by atoms with van der Waals surface area (Å²) in [7, 11) is 0. The van der Waals surface area contributed by atoms with Crippen LogP contribution in [-0.2, 0) is 15.7 Å². The zero-order valence-electron chi connectivity index (χ0n) is 9.84. The fourth-order valence-electron chi connectivity index (χ4n) is 1.46. The van der Waals surface area contributed by atoms with Crippen LogP contribution in [0.3, 0.4) is 0 Å². The minimum Gasteiger partial charge on any atom is -0.359 e. The van der Waals surface area contributed by atoms with Gasteiger partial charge in [-0.15, -0.1) is 0 Å². The van der Waals surface area contributed by atoms with Crippen LogP contribution >= 0.6 is 0 Å². The first-order valence-electron chi connectivity index (χ1n) is 5.33. The Morgan fingerprint density at radius 2 is 2.16 bits per heavy atom. The molecule has 1 fully saturated rings. The Labute approximate surface area is 106 Å². The van der Waals surface area contributed by atoms with E-state index in [-0.39, 0.29) is 12.3 Å². The minimum atomic E-state index is -4.65. The Balaban J connectivity index is 2.29. The smallest absolute Gasteiger partial charge is 0.359 e. The van der Waals surface area contributed by atoms with Gasteiger partial charge >= 0.3 is 6.18 Å². The molecule has 1 atom stereocenters. The maximum Gasteiger partial charge on any atom is 0.417 e. The number of hydrogen-bond acceptors (Lipinski definition) is 3. The van der Waals surface area contributed by atoms with E-state index in [0.717, 1.165) is 12.1 Å². The fourth-order valence-corrected chi connectivity index (χ4v) is 1.46. The van der Waals surface area contributed by atoms with Crippen LogP contribution in [0.2, 0.25) is 0 Å². The highest BCUT2D eigenvalue weighted by molar-refractivity contribution is 5.98. The second-order valence-electron chi connectivity index (χ2n) is 4.34. The predicted octanol–water partition coefficient (Wildman–Crippen LogP) is 2.30. The Bertz CT molecular complexity index is 571. The van der Waals surface area contributed by atoms with Crippen LogP contribution in [0.25, 0.3) is 0 Å². The third kappa shape index (κ3) is 2.69. The summed E-state index contributed by atoms with van der Waals surface area (Å²) in [6.07, 6.45) is -4.65. The molecule has 0 unspecified atom stereocenters. The van der Waals surface area contributed by atoms with Crippen molar-refractivity contribution in [2.45, 2.75) is 18.7 Å². The largest absolute Gasteiger partial charge is 0.417 e. The topological polar surface area (TPSA) is 65.4 Å². The summed E-state index contributed by atoms with van der Waals surface area (Å²) in [5, 5.41) is 11.0. The van der Waals surface area contributed by atoms with E-state index in [1.165, 1.54) is 19.1 Å². The number of ether oxygens (including phenoxy) is 1. The molecule has 1 N–H and O–H groups in total. The van der Waals surface area contributed by atoms with E-state index in [2.05, 4.69) is 5.32 Å². The molecule has 1 aliphatic heterocycles. The quantitative estimate of drug-likeness (QED) is 0.838. The van der Waals surface area contributed by atoms with Gasteiger partial charge in [0.25, 0.3) is 5.91 Å². The number of epoxide rings is 1. The number of carbonyl (C=O) groups is 1. The standard InChI is InChI=1S/C12H9F3N2O2/c1-11(6-19-11)10(18)17-8-3-2-7(5-16)9(4-8)12(13,14)15/h2-4H,6H2,1H3,(H,17,18)/t11-/m0/s1. The van der Waals surface area contributed by atoms with Crippen molar-refractivity contribution in [2.75, 3.05) is 11.9 Å². The third-order valence-electron chi connectivity index (χ3n) is 2.76. The van der Waals surface area contributed by atoms with Gasteiger partial charge < -0.3 is 10.1 Å². The van der Waals surface area contributed by atoms with Crippen LogP contribution in [0.15, 0.2) is 18.2 Å². The molecule has 0 radical (unpaired) electrons. The highest BCUT2D eigenvalue weighted by Crippen LogP contribution is 2.34. The summed E-state index contributed by atoms with van der Waals surface area (Å²) in [5.74, 6) is -0.509. The first-order valence-corrected chi connectivity index (χ1v) is 5.33. The lowest BCUT2D eigenvalue weighted by atomic mass is 10.1. The molecule has 0 spiro atoms. The molecule has 1 amide bonds. The second kappa shape index (κ2) is 4.24. The van der Waals surface area contributed by atoms with Crippen LogP contribution in [0.4, 0.5) is 18.9 Å². The highest BCUT2D eigenvalue weighted by atomic mass is 19.4. The molecule has 1 aliphatic rings. The van der Waals surface area contributed by atoms with Gasteiger partial charge in [0.05, 0.1) is 23.8 Å². The van der Waals surface area contributed by atoms with Crippen molar-refractivity contribution in [2.24, 2.45) is 0 Å². The molecule has 1 aromatic rings. The van der Waals surface area contributed by atoms with Gasteiger partial charge in [-0.2, -0.15) is 18.4 Å². The van der Waals surface area contributed by atoms with Gasteiger partial charge in [0.2, 0.25) is 0 Å². The molecule has 1 aromatic carbocycles. The molecular weight excluding hydrogens is 261 g/mol. The SMILES string of the molecule is C[C@@]1(C(=O)Nc2ccc(C#N)c(C(F)(F)F)c2)CO1. The average Bonchev–Trinajstić information content (AvgIpc) is 3.07. The van der Waals surface area contributed by atoms with E-state index in [9.17, 15) is 18.0 Å². The van der Waals surface area contributed by atoms with Crippen LogP contribution in [-0.4, -0.2) is 18.1 Å². The van der Waals surface area contributed by atoms with Crippen molar-refractivity contribution < 1.29 is 22.7 Å². The van der Waals surface area contributed by atoms with Crippen molar-refractivity contribution in [1.82, 2.24) is 0 Å². The van der Waals surface area contributed by atoms with Crippen molar-refractivity contribution in [3.8, 4) is 6.07 Å². The van der Waals surface area contributed by atoms with E-state index >= 15 is 0 Å². The van der Waals surface area contributed by atoms with Gasteiger partial charge in [0, 0.05) is 5.69 Å². The third-order valence-corrected chi connectivity index (χ3v) is 2.76. The van der Waals surface area contributed by atoms with Gasteiger partial charge in [-0.3, -0.25) is 4.79 Å². The number of nitrogens with one attached hydrogen (secondary N) is 1. The van der Waals surface area contributed by atoms with Crippen LogP contribution in [0, 0.1) is 11.3 Å². The number of amides is 1. The maximum atomic E-state index is 12.7. The van der Waals surface area contributed by atoms with Crippen molar-refractivity contribution in [3.05, 3.63) is 29.3 Å². The molecule has 100 valence electrons. The Kier molecular flexibility index (Phi) is 2.98. The fraction of sp³-hybridized carbons (Fsp3) is 0.333. The number of benzene rings is 1. The lowest BCUT2D eigenvalue weighted by molar-refractivity contribution is -0.137. The normalized spacial score (nSPS) is 21.6. The van der Waals surface area contributed by atoms with Gasteiger partial charge in [-0.25, -0.2) is 0 Å². The average molecular weight is 270 g/mol. The number of alkyl halides is 3. The molecule has 0 saturated carbocycles. The molecule has 19 heavy (non-hydrogen) atoms. The van der Waals surface area contributed by atoms with Crippen molar-refractivity contribution in [1.29, 1.82) is 5.26 Å². The first kappa shape index (κ1) is 13.4. The lowest BCUT2D eigenvalue weighted by Crippen LogP contribution is -2.28. The molecule has 1 saturated heterocycles. The molecule has 7 heteroatoms. The molecular formula is C12H9F3N2O2. The van der Waals surface area contributed by atoms with Gasteiger partial charge in [0.15, 0.2) is 5.60 Å². The van der Waals surface area contributed by atoms with Crippen LogP contribution in [0.1, 0.15) is 18.1 Å². The van der Waals surface area contributed by atoms with E-state index in [1.807, 2.05) is 0 Å². The molecule has 1 heterocycles. The van der Waals surface area contributed by atoms with Crippen LogP contribution in [0.5, 0.6) is 0 Å². The molecule has 0 aromatic heterocycles. The van der Waals surface area contributed by atoms with Gasteiger partial charge in [-0.1, -0.05) is 0 Å². The van der Waals surface area contributed by atoms with E-state index in [4.69, 9.17) is 10.00 Å². The minimum absolute atomic E-state index is 0.0203. The molecule has 4 nitrogen and oxygen atoms in total. The molecule has 0 bridgehead atoms. The van der Waals surface area contributed by atoms with Gasteiger partial charge in [0.1, 0.15) is 0 Å². The molecule has 0 aliphatic carbocycles. The number of halogens is 3. The van der Waals surface area contributed by atoms with Crippen molar-refractivity contribution in [3.63, 3.8) is 0 Å². The summed E-state index contributed by atoms with van der Waals surface area (Å²) in [5.41, 5.74) is -2.55. The zero-order valence-corrected chi connectivity index (χ0v) is 9.84. The maximum absolute atomic E-state index is 12.7. The Morgan fingerprint density at radius 3 is 2.63 bits per heavy atom. The summed E-state index contributed by atoms with van der Waals surface area (Å²) in [6, 6.07) is 4.48. The second-order valence-corrected chi connectivity index (χ2v) is 4.34. The molecule has 2 rings (SSSR count). The highest BCUT2D eigenvalue weighted by Gasteiger charge is 2.47. The number of nitriles is 1. The predicted molar refractivity (Wildman–Crippen MR) is 59.1 cm³/mol.